The van der Waals surface area contributed by atoms with Crippen LogP contribution in [0.3, 0.4) is 0 Å². The van der Waals surface area contributed by atoms with Crippen molar-refractivity contribution in [3.63, 3.8) is 0 Å². The van der Waals surface area contributed by atoms with E-state index >= 15 is 0 Å². The van der Waals surface area contributed by atoms with Crippen LogP contribution in [-0.2, 0) is 12.7 Å². The summed E-state index contributed by atoms with van der Waals surface area (Å²) in [4.78, 5) is 16.4. The van der Waals surface area contributed by atoms with Crippen molar-refractivity contribution in [3.8, 4) is 0 Å². The normalized spacial score (nSPS) is 11.8. The first-order chi connectivity index (χ1) is 6.36. The summed E-state index contributed by atoms with van der Waals surface area (Å²) in [5.74, 6) is -0.0838. The lowest BCUT2D eigenvalue weighted by Crippen LogP contribution is -2.26. The number of nitrogens with one attached hydrogen (secondary N) is 1. The molecule has 0 aliphatic carbocycles. The summed E-state index contributed by atoms with van der Waals surface area (Å²) in [5.41, 5.74) is 2.45. The van der Waals surface area contributed by atoms with E-state index in [1.165, 1.54) is 6.92 Å². The van der Waals surface area contributed by atoms with E-state index < -0.39 is 29.5 Å². The SMILES string of the molecule is Cc1nc(C(F)(F)F)c(CN)c(=O)[nH]1. The monoisotopic (exact) mass is 207 g/mol. The highest BCUT2D eigenvalue weighted by Gasteiger charge is 2.36. The molecule has 0 saturated carbocycles. The van der Waals surface area contributed by atoms with Gasteiger partial charge in [0.25, 0.3) is 5.56 Å². The van der Waals surface area contributed by atoms with Crippen LogP contribution in [0.25, 0.3) is 0 Å². The van der Waals surface area contributed by atoms with E-state index in [4.69, 9.17) is 5.73 Å². The lowest BCUT2D eigenvalue weighted by Gasteiger charge is -2.09. The molecule has 0 unspecified atom stereocenters. The molecule has 78 valence electrons. The van der Waals surface area contributed by atoms with Crippen molar-refractivity contribution in [2.45, 2.75) is 19.6 Å². The van der Waals surface area contributed by atoms with Gasteiger partial charge < -0.3 is 10.7 Å². The Balaban J connectivity index is 3.48. The molecule has 0 saturated heterocycles. The largest absolute Gasteiger partial charge is 0.433 e. The molecule has 0 bridgehead atoms. The van der Waals surface area contributed by atoms with E-state index in [-0.39, 0.29) is 5.82 Å². The highest BCUT2D eigenvalue weighted by atomic mass is 19.4. The second-order valence-corrected chi connectivity index (χ2v) is 2.68. The van der Waals surface area contributed by atoms with Crippen LogP contribution in [0.1, 0.15) is 17.1 Å². The third-order valence-corrected chi connectivity index (χ3v) is 1.61. The van der Waals surface area contributed by atoms with Crippen LogP contribution in [0.5, 0.6) is 0 Å². The highest BCUT2D eigenvalue weighted by Crippen LogP contribution is 2.28. The maximum Gasteiger partial charge on any atom is 0.433 e. The number of H-pyrrole nitrogens is 1. The lowest BCUT2D eigenvalue weighted by molar-refractivity contribution is -0.142. The van der Waals surface area contributed by atoms with E-state index in [9.17, 15) is 18.0 Å². The third-order valence-electron chi connectivity index (χ3n) is 1.61. The van der Waals surface area contributed by atoms with Gasteiger partial charge in [0.15, 0.2) is 5.69 Å². The van der Waals surface area contributed by atoms with Crippen molar-refractivity contribution >= 4 is 0 Å². The minimum atomic E-state index is -4.65. The van der Waals surface area contributed by atoms with Gasteiger partial charge in [-0.3, -0.25) is 4.79 Å². The predicted molar refractivity (Wildman–Crippen MR) is 42.5 cm³/mol. The summed E-state index contributed by atoms with van der Waals surface area (Å²) in [6.45, 7) is 0.786. The Morgan fingerprint density at radius 1 is 1.50 bits per heavy atom. The fourth-order valence-electron chi connectivity index (χ4n) is 1.03. The van der Waals surface area contributed by atoms with Crippen molar-refractivity contribution in [1.82, 2.24) is 9.97 Å². The fourth-order valence-corrected chi connectivity index (χ4v) is 1.03. The molecule has 0 aliphatic heterocycles. The molecule has 0 atom stereocenters. The Morgan fingerprint density at radius 2 is 2.07 bits per heavy atom. The summed E-state index contributed by atoms with van der Waals surface area (Å²) in [7, 11) is 0. The van der Waals surface area contributed by atoms with E-state index in [2.05, 4.69) is 9.97 Å². The number of aromatic nitrogens is 2. The number of aryl methyl sites for hydroxylation is 1. The maximum absolute atomic E-state index is 12.3. The van der Waals surface area contributed by atoms with E-state index in [1.54, 1.807) is 0 Å². The molecular formula is C7H8F3N3O. The van der Waals surface area contributed by atoms with Crippen LogP contribution in [0.4, 0.5) is 13.2 Å². The molecule has 0 spiro atoms. The summed E-state index contributed by atoms with van der Waals surface area (Å²) >= 11 is 0. The first-order valence-electron chi connectivity index (χ1n) is 3.73. The van der Waals surface area contributed by atoms with Crippen molar-refractivity contribution in [2.75, 3.05) is 0 Å². The molecule has 3 N–H and O–H groups in total. The van der Waals surface area contributed by atoms with Crippen LogP contribution < -0.4 is 11.3 Å². The predicted octanol–water partition coefficient (Wildman–Crippen LogP) is 0.556. The number of hydrogen-bond acceptors (Lipinski definition) is 3. The molecule has 1 aromatic rings. The molecule has 1 aromatic heterocycles. The average Bonchev–Trinajstić information content (AvgIpc) is 2.01. The molecule has 0 aromatic carbocycles. The Bertz CT molecular complexity index is 396. The number of nitrogens with zero attached hydrogens (tertiary/aromatic N) is 1. The molecule has 0 amide bonds. The number of rotatable bonds is 1. The van der Waals surface area contributed by atoms with Gasteiger partial charge in [0, 0.05) is 6.54 Å². The Hall–Kier alpha value is -1.37. The minimum Gasteiger partial charge on any atom is -0.326 e. The lowest BCUT2D eigenvalue weighted by atomic mass is 10.2. The van der Waals surface area contributed by atoms with Crippen LogP contribution in [0.15, 0.2) is 4.79 Å². The van der Waals surface area contributed by atoms with Gasteiger partial charge in [0.05, 0.1) is 5.56 Å². The van der Waals surface area contributed by atoms with Crippen LogP contribution in [0.2, 0.25) is 0 Å². The van der Waals surface area contributed by atoms with Gasteiger partial charge in [-0.2, -0.15) is 13.2 Å². The first kappa shape index (κ1) is 10.7. The van der Waals surface area contributed by atoms with Gasteiger partial charge in [-0.05, 0) is 6.92 Å². The molecule has 14 heavy (non-hydrogen) atoms. The average molecular weight is 207 g/mol. The van der Waals surface area contributed by atoms with Gasteiger partial charge in [0.2, 0.25) is 0 Å². The molecule has 0 aliphatic rings. The molecule has 7 heteroatoms. The summed E-state index contributed by atoms with van der Waals surface area (Å²) in [5, 5.41) is 0. The van der Waals surface area contributed by atoms with Crippen LogP contribution >= 0.6 is 0 Å². The summed E-state index contributed by atoms with van der Waals surface area (Å²) < 4.78 is 37.0. The van der Waals surface area contributed by atoms with Gasteiger partial charge in [0.1, 0.15) is 5.82 Å². The maximum atomic E-state index is 12.3. The zero-order valence-electron chi connectivity index (χ0n) is 7.27. The zero-order valence-corrected chi connectivity index (χ0v) is 7.27. The van der Waals surface area contributed by atoms with Crippen LogP contribution in [-0.4, -0.2) is 9.97 Å². The zero-order chi connectivity index (χ0) is 10.9. The van der Waals surface area contributed by atoms with E-state index in [0.29, 0.717) is 0 Å². The molecule has 1 heterocycles. The first-order valence-corrected chi connectivity index (χ1v) is 3.73. The Labute approximate surface area is 77.0 Å². The van der Waals surface area contributed by atoms with E-state index in [1.807, 2.05) is 0 Å². The quantitative estimate of drug-likeness (QED) is 0.706. The Kier molecular flexibility index (Phi) is 2.61. The van der Waals surface area contributed by atoms with Crippen molar-refractivity contribution in [2.24, 2.45) is 5.73 Å². The number of hydrogen-bond donors (Lipinski definition) is 2. The topological polar surface area (TPSA) is 71.8 Å². The van der Waals surface area contributed by atoms with Crippen LogP contribution in [0, 0.1) is 6.92 Å². The minimum absolute atomic E-state index is 0.0838. The fraction of sp³-hybridized carbons (Fsp3) is 0.429. The number of alkyl halides is 3. The molecule has 0 radical (unpaired) electrons. The molecule has 0 fully saturated rings. The van der Waals surface area contributed by atoms with Gasteiger partial charge in [-0.15, -0.1) is 0 Å². The highest BCUT2D eigenvalue weighted by molar-refractivity contribution is 5.20. The van der Waals surface area contributed by atoms with Crippen molar-refractivity contribution in [3.05, 3.63) is 27.4 Å². The van der Waals surface area contributed by atoms with Gasteiger partial charge in [-0.25, -0.2) is 4.98 Å². The number of nitrogens with two attached hydrogens (primary N) is 1. The Morgan fingerprint density at radius 3 is 2.50 bits per heavy atom. The smallest absolute Gasteiger partial charge is 0.326 e. The standard InChI is InChI=1S/C7H8F3N3O/c1-3-12-5(7(8,9)10)4(2-11)6(14)13-3/h2,11H2,1H3,(H,12,13,14). The molecule has 1 rings (SSSR count). The second kappa shape index (κ2) is 3.41. The van der Waals surface area contributed by atoms with Crippen molar-refractivity contribution < 1.29 is 13.2 Å². The van der Waals surface area contributed by atoms with Crippen molar-refractivity contribution in [1.29, 1.82) is 0 Å². The third kappa shape index (κ3) is 1.92. The van der Waals surface area contributed by atoms with Gasteiger partial charge >= 0.3 is 6.18 Å². The molecular weight excluding hydrogens is 199 g/mol. The summed E-state index contributed by atoms with van der Waals surface area (Å²) in [6, 6.07) is 0. The van der Waals surface area contributed by atoms with E-state index in [0.717, 1.165) is 0 Å². The molecule has 4 nitrogen and oxygen atoms in total. The number of halogens is 3. The second-order valence-electron chi connectivity index (χ2n) is 2.68. The van der Waals surface area contributed by atoms with Gasteiger partial charge in [-0.1, -0.05) is 0 Å². The number of aromatic amines is 1. The summed E-state index contributed by atoms with van der Waals surface area (Å²) in [6.07, 6.45) is -4.65.